The second-order valence-corrected chi connectivity index (χ2v) is 23.0. The van der Waals surface area contributed by atoms with Crippen LogP contribution >= 0.6 is 12.3 Å². The van der Waals surface area contributed by atoms with Crippen molar-refractivity contribution in [2.45, 2.75) is 157 Å². The van der Waals surface area contributed by atoms with Gasteiger partial charge in [-0.1, -0.05) is 60.2 Å². The molecule has 0 aromatic heterocycles. The Morgan fingerprint density at radius 2 is 1.40 bits per heavy atom. The Labute approximate surface area is 517 Å². The highest BCUT2D eigenvalue weighted by Gasteiger charge is 2.50. The summed E-state index contributed by atoms with van der Waals surface area (Å²) >= 11 is 0.0687. The number of phenols is 1. The number of phenolic OH excluding ortho intramolecular Hbond substituents is 1. The van der Waals surface area contributed by atoms with Gasteiger partial charge in [0.25, 0.3) is 18.2 Å². The number of β-amino-alcohol motifs (C(OH)–C–C–N with tert-alkyl or cyclic N) is 1. The highest BCUT2D eigenvalue weighted by molar-refractivity contribution is 7.90. The molecular formula is C58H84N8O22S. The van der Waals surface area contributed by atoms with Crippen LogP contribution in [-0.2, 0) is 49.3 Å². The summed E-state index contributed by atoms with van der Waals surface area (Å²) in [6.45, 7) is 0.973. The van der Waals surface area contributed by atoms with Crippen LogP contribution in [0, 0.1) is 5.92 Å². The summed E-state index contributed by atoms with van der Waals surface area (Å²) in [6.07, 6.45) is -6.41. The molecular weight excluding hydrogens is 1190 g/mol. The predicted octanol–water partition coefficient (Wildman–Crippen LogP) is -2.44. The maximum atomic E-state index is 14.9. The van der Waals surface area contributed by atoms with E-state index in [4.69, 9.17) is 18.9 Å². The summed E-state index contributed by atoms with van der Waals surface area (Å²) in [5, 5.41) is 127. The van der Waals surface area contributed by atoms with Crippen molar-refractivity contribution in [1.29, 1.82) is 0 Å². The molecule has 0 bridgehead atoms. The summed E-state index contributed by atoms with van der Waals surface area (Å²) in [5.74, 6) is -8.90. The lowest BCUT2D eigenvalue weighted by Crippen LogP contribution is -2.64. The highest BCUT2D eigenvalue weighted by Crippen LogP contribution is 2.32. The third kappa shape index (κ3) is 20.2. The first-order chi connectivity index (χ1) is 42.6. The number of aromatic hydroxyl groups is 1. The molecule has 6 rings (SSSR count). The fraction of sp³-hybridized carbons (Fsp3) is 0.603. The molecule has 3 aromatic carbocycles. The molecule has 0 aliphatic carbocycles. The van der Waals surface area contributed by atoms with Crippen molar-refractivity contribution < 1.29 is 108 Å². The van der Waals surface area contributed by atoms with Crippen molar-refractivity contribution >= 4 is 64.4 Å². The number of nitrogens with zero attached hydrogens (tertiary/aromatic N) is 2. The molecule has 31 heteroatoms. The number of hydrogen-bond acceptors (Lipinski definition) is 24. The third-order valence-electron chi connectivity index (χ3n) is 15.8. The maximum absolute atomic E-state index is 14.9. The van der Waals surface area contributed by atoms with E-state index in [0.717, 1.165) is 73.3 Å². The molecule has 3 aliphatic heterocycles. The van der Waals surface area contributed by atoms with Crippen LogP contribution in [-0.4, -0.2) is 241 Å². The molecule has 3 saturated heterocycles. The number of amides is 7. The van der Waals surface area contributed by atoms with Gasteiger partial charge >= 0.3 is 0 Å². The van der Waals surface area contributed by atoms with Gasteiger partial charge in [-0.2, -0.15) is 0 Å². The summed E-state index contributed by atoms with van der Waals surface area (Å²) in [4.78, 5) is 104. The van der Waals surface area contributed by atoms with Crippen LogP contribution in [0.15, 0.2) is 54.6 Å². The quantitative estimate of drug-likeness (QED) is 0.0163. The van der Waals surface area contributed by atoms with Crippen LogP contribution in [0.5, 0.6) is 17.2 Å². The Hall–Kier alpha value is -6.56. The molecule has 3 aromatic rings. The first kappa shape index (κ1) is 71.5. The van der Waals surface area contributed by atoms with Gasteiger partial charge in [-0.3, -0.25) is 33.6 Å². The zero-order valence-electron chi connectivity index (χ0n) is 49.7. The summed E-state index contributed by atoms with van der Waals surface area (Å²) in [5.41, 5.74) is 0.167. The zero-order valence-corrected chi connectivity index (χ0v) is 50.5. The number of aliphatic hydroxyl groups excluding tert-OH is 8. The molecule has 3 heterocycles. The molecule has 0 spiro atoms. The van der Waals surface area contributed by atoms with Crippen LogP contribution in [0.1, 0.15) is 87.6 Å². The minimum atomic E-state index is -2.15. The zero-order chi connectivity index (χ0) is 64.9. The molecule has 7 amide bonds. The van der Waals surface area contributed by atoms with Crippen LogP contribution in [0.4, 0.5) is 0 Å². The van der Waals surface area contributed by atoms with Crippen molar-refractivity contribution in [1.82, 2.24) is 41.7 Å². The Morgan fingerprint density at radius 3 is 2.10 bits per heavy atom. The standard InChI is InChI=1S/C58H84N8O22S/c1-31-27-66-50(51(31)75)56(80)60-26-38(70)24-41(61-52(76)36-12-11-35-23-40(14-13-34(35)22-36)85-19-9-7-5-4-6-8-18-84-3)53(77)62-47(32(2)69)57(81)65-28-39(71)25-42(65)54(78)63-48(45(74)20-33-10-15-43(72)46(21-33)86-89-88-87-83)55(79)64-49(58(66)82)44(73)16-17-59-37(29-67)30-68/h10-15,21-23,31-32,37-39,41-42,44-45,47-51,59,67-75,83H,4-9,16-20,24-30H2,1-3H3,(H,60,80)(H,61,76)(H,62,77)(H,63,78)(H,64,79)/t31-,32+,38+,39+,41?,42-,44+,45+,47-,48-,49-,50-,51-/m0/s1. The van der Waals surface area contributed by atoms with Crippen molar-refractivity contribution in [3.05, 3.63) is 65.7 Å². The van der Waals surface area contributed by atoms with Gasteiger partial charge in [0.05, 0.1) is 62.5 Å². The second kappa shape index (κ2) is 35.2. The van der Waals surface area contributed by atoms with Crippen LogP contribution in [0.3, 0.4) is 0 Å². The number of ether oxygens (including phenoxy) is 2. The fourth-order valence-corrected chi connectivity index (χ4v) is 11.1. The highest BCUT2D eigenvalue weighted by atomic mass is 32.2. The van der Waals surface area contributed by atoms with Gasteiger partial charge in [-0.05, 0) is 85.5 Å². The number of fused-ring (bicyclic) bond motifs is 3. The minimum absolute atomic E-state index is 0.0585. The number of aliphatic hydroxyl groups is 8. The summed E-state index contributed by atoms with van der Waals surface area (Å²) in [7, 11) is 1.68. The van der Waals surface area contributed by atoms with E-state index < -0.39 is 184 Å². The lowest BCUT2D eigenvalue weighted by molar-refractivity contribution is -0.433. The van der Waals surface area contributed by atoms with E-state index in [0.29, 0.717) is 17.7 Å². The van der Waals surface area contributed by atoms with E-state index in [1.807, 2.05) is 6.07 Å². The molecule has 494 valence electrons. The van der Waals surface area contributed by atoms with E-state index in [1.165, 1.54) is 25.1 Å². The Bertz CT molecular complexity index is 2840. The Kier molecular flexibility index (Phi) is 28.2. The van der Waals surface area contributed by atoms with Crippen molar-refractivity contribution in [3.8, 4) is 17.2 Å². The molecule has 30 nitrogen and oxygen atoms in total. The summed E-state index contributed by atoms with van der Waals surface area (Å²) in [6, 6.07) is 1.34. The second-order valence-electron chi connectivity index (χ2n) is 22.6. The normalized spacial score (nSPS) is 25.3. The molecule has 89 heavy (non-hydrogen) atoms. The van der Waals surface area contributed by atoms with Gasteiger partial charge in [0, 0.05) is 64.1 Å². The smallest absolute Gasteiger partial charge is 0.261 e. The van der Waals surface area contributed by atoms with Gasteiger partial charge in [-0.15, -0.1) is 0 Å². The molecule has 3 fully saturated rings. The number of rotatable bonds is 27. The minimum Gasteiger partial charge on any atom is -0.504 e. The van der Waals surface area contributed by atoms with Crippen molar-refractivity contribution in [2.75, 3.05) is 59.7 Å². The number of methoxy groups -OCH3 is 1. The average Bonchev–Trinajstić information content (AvgIpc) is 1.96. The van der Waals surface area contributed by atoms with E-state index in [9.17, 15) is 79.5 Å². The molecule has 1 unspecified atom stereocenters. The molecule has 13 atom stereocenters. The number of benzene rings is 3. The van der Waals surface area contributed by atoms with Gasteiger partial charge in [0.1, 0.15) is 42.0 Å². The van der Waals surface area contributed by atoms with Gasteiger partial charge < -0.3 is 101 Å². The first-order valence-electron chi connectivity index (χ1n) is 29.5. The number of carbonyl (C=O) groups is 7. The van der Waals surface area contributed by atoms with E-state index in [2.05, 4.69) is 41.3 Å². The van der Waals surface area contributed by atoms with E-state index in [-0.39, 0.29) is 42.3 Å². The van der Waals surface area contributed by atoms with Crippen LogP contribution in [0.2, 0.25) is 0 Å². The fourth-order valence-electron chi connectivity index (χ4n) is 10.8. The molecule has 16 N–H and O–H groups in total. The lowest BCUT2D eigenvalue weighted by atomic mass is 9.98. The number of nitrogens with one attached hydrogen (secondary N) is 6. The maximum Gasteiger partial charge on any atom is 0.261 e. The largest absolute Gasteiger partial charge is 0.504 e. The first-order valence-corrected chi connectivity index (χ1v) is 30.2. The van der Waals surface area contributed by atoms with Gasteiger partial charge in [0.2, 0.25) is 35.4 Å². The monoisotopic (exact) mass is 1280 g/mol. The SMILES string of the molecule is COCCCCCCCCOc1ccc2cc(C(=O)NC3C[C@@H](O)CNC(=O)[C@@H]4[C@@H](O)[C@@H](C)CN4C(=O)[C@H]([C@H](O)CCNC(CO)CO)NC(=O)[C@H]([C@H](O)Cc4ccc(O)c(OSOOO)c4)NC(=O)[C@@H]4C[C@@H](O)CN4C(=O)[C@H]([C@@H](C)O)NC3=O)ccc2c1. The summed E-state index contributed by atoms with van der Waals surface area (Å²) < 4.78 is 20.5. The van der Waals surface area contributed by atoms with E-state index >= 15 is 0 Å². The van der Waals surface area contributed by atoms with E-state index in [1.54, 1.807) is 31.4 Å². The molecule has 3 aliphatic rings. The Morgan fingerprint density at radius 1 is 0.742 bits per heavy atom. The van der Waals surface area contributed by atoms with Gasteiger partial charge in [-0.25, -0.2) is 5.26 Å². The molecule has 0 saturated carbocycles. The van der Waals surface area contributed by atoms with Crippen LogP contribution in [0.25, 0.3) is 10.8 Å². The topological polar surface area (TPSA) is 447 Å². The van der Waals surface area contributed by atoms with Crippen molar-refractivity contribution in [3.63, 3.8) is 0 Å². The number of carbonyl (C=O) groups excluding carboxylic acids is 7. The number of unbranched alkanes of at least 4 members (excludes halogenated alkanes) is 5. The average molecular weight is 1280 g/mol. The van der Waals surface area contributed by atoms with Crippen molar-refractivity contribution in [2.24, 2.45) is 5.92 Å². The lowest BCUT2D eigenvalue weighted by Gasteiger charge is -2.34. The predicted molar refractivity (Wildman–Crippen MR) is 316 cm³/mol. The third-order valence-corrected chi connectivity index (χ3v) is 16.2. The number of hydrogen-bond donors (Lipinski definition) is 16. The Balaban J connectivity index is 1.33. The van der Waals surface area contributed by atoms with Gasteiger partial charge in [0.15, 0.2) is 11.5 Å². The van der Waals surface area contributed by atoms with Crippen LogP contribution < -0.4 is 40.8 Å². The molecule has 0 radical (unpaired) electrons.